The van der Waals surface area contributed by atoms with Crippen molar-refractivity contribution in [3.05, 3.63) is 77.2 Å². The van der Waals surface area contributed by atoms with Gasteiger partial charge in [-0.3, -0.25) is 0 Å². The van der Waals surface area contributed by atoms with Crippen molar-refractivity contribution in [2.75, 3.05) is 0 Å². The average molecular weight is 204 g/mol. The third-order valence-electron chi connectivity index (χ3n) is 2.95. The Hall–Kier alpha value is -1.82. The largest absolute Gasteiger partial charge is 0.0619 e. The zero-order valence-corrected chi connectivity index (χ0v) is 9.20. The van der Waals surface area contributed by atoms with Crippen LogP contribution >= 0.6 is 0 Å². The molecule has 2 aromatic rings. The van der Waals surface area contributed by atoms with Crippen LogP contribution in [0.5, 0.6) is 0 Å². The molecule has 0 heterocycles. The summed E-state index contributed by atoms with van der Waals surface area (Å²) in [6, 6.07) is 16.8. The summed E-state index contributed by atoms with van der Waals surface area (Å²) in [5.74, 6) is 0. The van der Waals surface area contributed by atoms with Crippen LogP contribution in [0, 0.1) is 6.42 Å². The predicted octanol–water partition coefficient (Wildman–Crippen LogP) is 4.04. The fourth-order valence-corrected chi connectivity index (χ4v) is 2.13. The summed E-state index contributed by atoms with van der Waals surface area (Å²) in [5, 5.41) is 0. The maximum atomic E-state index is 3.48. The molecule has 1 aliphatic rings. The van der Waals surface area contributed by atoms with Gasteiger partial charge in [0.15, 0.2) is 0 Å². The SMILES string of the molecule is CC1=Cc2ccccc2[C]c2ccccc21. The normalized spacial score (nSPS) is 13.4. The quantitative estimate of drug-likeness (QED) is 0.607. The highest BCUT2D eigenvalue weighted by Gasteiger charge is 2.11. The predicted molar refractivity (Wildman–Crippen MR) is 67.9 cm³/mol. The Labute approximate surface area is 96.3 Å². The van der Waals surface area contributed by atoms with Gasteiger partial charge in [0, 0.05) is 0 Å². The first-order valence-corrected chi connectivity index (χ1v) is 5.48. The van der Waals surface area contributed by atoms with E-state index in [0.717, 1.165) is 0 Å². The zero-order valence-electron chi connectivity index (χ0n) is 9.20. The van der Waals surface area contributed by atoms with Crippen LogP contribution in [0.25, 0.3) is 11.6 Å². The summed E-state index contributed by atoms with van der Waals surface area (Å²) in [6.45, 7) is 2.16. The van der Waals surface area contributed by atoms with Gasteiger partial charge in [0.05, 0.1) is 6.42 Å². The molecule has 0 aliphatic heterocycles. The summed E-state index contributed by atoms with van der Waals surface area (Å²) in [5.41, 5.74) is 6.18. The number of rotatable bonds is 0. The molecule has 0 N–H and O–H groups in total. The van der Waals surface area contributed by atoms with Gasteiger partial charge in [-0.25, -0.2) is 0 Å². The maximum Gasteiger partial charge on any atom is 0.0514 e. The fourth-order valence-electron chi connectivity index (χ4n) is 2.13. The zero-order chi connectivity index (χ0) is 11.0. The van der Waals surface area contributed by atoms with Gasteiger partial charge in [-0.2, -0.15) is 0 Å². The fraction of sp³-hybridized carbons (Fsp3) is 0.0625. The van der Waals surface area contributed by atoms with Gasteiger partial charge < -0.3 is 0 Å². The molecule has 3 rings (SSSR count). The Kier molecular flexibility index (Phi) is 2.14. The Morgan fingerprint density at radius 2 is 1.50 bits per heavy atom. The maximum absolute atomic E-state index is 3.48. The molecule has 76 valence electrons. The van der Waals surface area contributed by atoms with Crippen LogP contribution in [-0.2, 0) is 0 Å². The first-order valence-electron chi connectivity index (χ1n) is 5.48. The van der Waals surface area contributed by atoms with Crippen LogP contribution in [0.3, 0.4) is 0 Å². The van der Waals surface area contributed by atoms with Crippen LogP contribution in [0.15, 0.2) is 48.5 Å². The van der Waals surface area contributed by atoms with E-state index in [0.29, 0.717) is 0 Å². The summed E-state index contributed by atoms with van der Waals surface area (Å²) in [7, 11) is 0. The van der Waals surface area contributed by atoms with Gasteiger partial charge in [0.25, 0.3) is 0 Å². The number of allylic oxidation sites excluding steroid dienone is 1. The first-order chi connectivity index (χ1) is 7.84. The molecule has 2 radical (unpaired) electrons. The van der Waals surface area contributed by atoms with Gasteiger partial charge in [0.2, 0.25) is 0 Å². The summed E-state index contributed by atoms with van der Waals surface area (Å²) in [6.07, 6.45) is 5.71. The standard InChI is InChI=1S/C16H12/c1-12-10-13-6-2-3-7-14(13)11-15-8-4-5-9-16(12)15/h2-10H,1H3. The topological polar surface area (TPSA) is 0 Å². The van der Waals surface area contributed by atoms with Crippen molar-refractivity contribution >= 4 is 11.6 Å². The average Bonchev–Trinajstić information content (AvgIpc) is 2.45. The van der Waals surface area contributed by atoms with Crippen LogP contribution in [0.1, 0.15) is 29.2 Å². The van der Waals surface area contributed by atoms with Crippen LogP contribution in [0.4, 0.5) is 0 Å². The monoisotopic (exact) mass is 204 g/mol. The van der Waals surface area contributed by atoms with Crippen LogP contribution in [0.2, 0.25) is 0 Å². The first kappa shape index (κ1) is 9.41. The molecule has 0 saturated carbocycles. The van der Waals surface area contributed by atoms with Gasteiger partial charge in [0.1, 0.15) is 0 Å². The molecule has 0 fully saturated rings. The molecule has 16 heavy (non-hydrogen) atoms. The second-order valence-corrected chi connectivity index (χ2v) is 4.09. The van der Waals surface area contributed by atoms with Crippen molar-refractivity contribution in [1.29, 1.82) is 0 Å². The second-order valence-electron chi connectivity index (χ2n) is 4.09. The molecule has 0 saturated heterocycles. The number of hydrogen-bond acceptors (Lipinski definition) is 0. The minimum absolute atomic E-state index is 1.17. The Bertz CT molecular complexity index is 562. The number of benzene rings is 2. The molecule has 2 aromatic carbocycles. The van der Waals surface area contributed by atoms with Crippen molar-refractivity contribution in [3.63, 3.8) is 0 Å². The lowest BCUT2D eigenvalue weighted by molar-refractivity contribution is 1.41. The molecule has 0 bridgehead atoms. The molecule has 0 aromatic heterocycles. The minimum Gasteiger partial charge on any atom is -0.0619 e. The number of hydrogen-bond donors (Lipinski definition) is 0. The third kappa shape index (κ3) is 1.47. The Morgan fingerprint density at radius 1 is 0.812 bits per heavy atom. The Balaban J connectivity index is 2.25. The van der Waals surface area contributed by atoms with Crippen molar-refractivity contribution in [1.82, 2.24) is 0 Å². The molecule has 0 unspecified atom stereocenters. The Morgan fingerprint density at radius 3 is 2.38 bits per heavy atom. The van der Waals surface area contributed by atoms with Gasteiger partial charge in [-0.15, -0.1) is 0 Å². The van der Waals surface area contributed by atoms with E-state index in [9.17, 15) is 0 Å². The van der Waals surface area contributed by atoms with E-state index in [4.69, 9.17) is 0 Å². The van der Waals surface area contributed by atoms with Gasteiger partial charge in [-0.1, -0.05) is 54.6 Å². The lowest BCUT2D eigenvalue weighted by Crippen LogP contribution is -1.89. The lowest BCUT2D eigenvalue weighted by Gasteiger charge is -2.05. The highest BCUT2D eigenvalue weighted by molar-refractivity contribution is 5.85. The highest BCUT2D eigenvalue weighted by atomic mass is 14.2. The van der Waals surface area contributed by atoms with Crippen molar-refractivity contribution in [2.45, 2.75) is 6.92 Å². The van der Waals surface area contributed by atoms with E-state index in [-0.39, 0.29) is 0 Å². The van der Waals surface area contributed by atoms with E-state index in [1.165, 1.54) is 27.8 Å². The summed E-state index contributed by atoms with van der Waals surface area (Å²) in [4.78, 5) is 0. The van der Waals surface area contributed by atoms with Crippen molar-refractivity contribution in [3.8, 4) is 0 Å². The van der Waals surface area contributed by atoms with E-state index in [1.54, 1.807) is 0 Å². The third-order valence-corrected chi connectivity index (χ3v) is 2.95. The molecular formula is C16H12. The molecule has 0 spiro atoms. The molecular weight excluding hydrogens is 192 g/mol. The van der Waals surface area contributed by atoms with Gasteiger partial charge in [-0.05, 0) is 34.8 Å². The van der Waals surface area contributed by atoms with Crippen LogP contribution in [-0.4, -0.2) is 0 Å². The molecule has 0 nitrogen and oxygen atoms in total. The molecule has 0 amide bonds. The summed E-state index contributed by atoms with van der Waals surface area (Å²) < 4.78 is 0. The molecule has 1 aliphatic carbocycles. The highest BCUT2D eigenvalue weighted by Crippen LogP contribution is 2.30. The van der Waals surface area contributed by atoms with Gasteiger partial charge >= 0.3 is 0 Å². The van der Waals surface area contributed by atoms with E-state index in [2.05, 4.69) is 68.0 Å². The van der Waals surface area contributed by atoms with E-state index in [1.807, 2.05) is 0 Å². The van der Waals surface area contributed by atoms with E-state index >= 15 is 0 Å². The van der Waals surface area contributed by atoms with E-state index < -0.39 is 0 Å². The molecule has 0 atom stereocenters. The second kappa shape index (κ2) is 3.64. The van der Waals surface area contributed by atoms with Crippen molar-refractivity contribution in [2.24, 2.45) is 0 Å². The smallest absolute Gasteiger partial charge is 0.0514 e. The minimum atomic E-state index is 1.17. The molecule has 0 heteroatoms. The summed E-state index contributed by atoms with van der Waals surface area (Å²) >= 11 is 0. The van der Waals surface area contributed by atoms with Crippen LogP contribution < -0.4 is 0 Å². The van der Waals surface area contributed by atoms with Crippen molar-refractivity contribution < 1.29 is 0 Å². The lowest BCUT2D eigenvalue weighted by atomic mass is 9.98. The number of fused-ring (bicyclic) bond motifs is 2.